The number of nitrogens with one attached hydrogen (secondary N) is 1. The second-order valence-corrected chi connectivity index (χ2v) is 10.5. The van der Waals surface area contributed by atoms with Crippen molar-refractivity contribution in [2.45, 2.75) is 78.9 Å². The Bertz CT molecular complexity index is 934. The number of nitrogens with zero attached hydrogens (tertiary/aromatic N) is 1. The highest BCUT2D eigenvalue weighted by molar-refractivity contribution is 6.10. The second-order valence-electron chi connectivity index (χ2n) is 10.5. The molecular formula is C25H37BN2O5. The summed E-state index contributed by atoms with van der Waals surface area (Å²) in [6, 6.07) is 7.29. The van der Waals surface area contributed by atoms with Crippen molar-refractivity contribution >= 4 is 31.4 Å². The van der Waals surface area contributed by atoms with E-state index in [2.05, 4.69) is 5.32 Å². The van der Waals surface area contributed by atoms with Crippen molar-refractivity contribution in [3.05, 3.63) is 35.4 Å². The zero-order valence-electron chi connectivity index (χ0n) is 21.6. The normalized spacial score (nSPS) is 12.7. The van der Waals surface area contributed by atoms with Crippen molar-refractivity contribution in [1.82, 2.24) is 10.2 Å². The van der Waals surface area contributed by atoms with Crippen molar-refractivity contribution in [3.8, 4) is 0 Å². The molecule has 0 aliphatic carbocycles. The van der Waals surface area contributed by atoms with Crippen LogP contribution in [0.1, 0.15) is 73.4 Å². The van der Waals surface area contributed by atoms with E-state index in [-0.39, 0.29) is 18.1 Å². The number of carbonyl (C=O) groups excluding carboxylic acids is 4. The van der Waals surface area contributed by atoms with Gasteiger partial charge >= 0.3 is 5.97 Å². The van der Waals surface area contributed by atoms with Gasteiger partial charge in [0, 0.05) is 12.5 Å². The van der Waals surface area contributed by atoms with Crippen molar-refractivity contribution in [2.75, 3.05) is 13.5 Å². The lowest BCUT2D eigenvalue weighted by atomic mass is 9.75. The lowest BCUT2D eigenvalue weighted by Gasteiger charge is -2.36. The highest BCUT2D eigenvalue weighted by atomic mass is 16.6. The van der Waals surface area contributed by atoms with E-state index in [9.17, 15) is 19.2 Å². The molecule has 0 unspecified atom stereocenters. The molecule has 0 heterocycles. The number of ketones is 1. The zero-order chi connectivity index (χ0) is 26.0. The Labute approximate surface area is 199 Å². The predicted octanol–water partition coefficient (Wildman–Crippen LogP) is 2.84. The number of rotatable bonds is 9. The standard InChI is InChI=1S/C25H37BN2O5/c1-16(29)22(2,3)17-13-11-12-14-18(17)25(8,9)33-21(32)23(4,5)19(30)27-24(6,7)20(31)28(10)15-26/h11-14H,15H2,1-10H3,(H,27,30). The van der Waals surface area contributed by atoms with Crippen molar-refractivity contribution in [1.29, 1.82) is 0 Å². The molecule has 0 aliphatic heterocycles. The number of hydrogen-bond donors (Lipinski definition) is 1. The van der Waals surface area contributed by atoms with Crippen LogP contribution < -0.4 is 5.32 Å². The summed E-state index contributed by atoms with van der Waals surface area (Å²) in [5.74, 6) is -1.81. The van der Waals surface area contributed by atoms with Gasteiger partial charge in [-0.05, 0) is 79.9 Å². The van der Waals surface area contributed by atoms with Crippen LogP contribution in [0.2, 0.25) is 0 Å². The molecule has 180 valence electrons. The third-order valence-electron chi connectivity index (χ3n) is 6.14. The number of ether oxygens (including phenoxy) is 1. The topological polar surface area (TPSA) is 92.8 Å². The molecule has 0 aliphatic rings. The lowest BCUT2D eigenvalue weighted by Crippen LogP contribution is -2.59. The summed E-state index contributed by atoms with van der Waals surface area (Å²) in [5, 5.41) is 2.64. The third kappa shape index (κ3) is 6.03. The predicted molar refractivity (Wildman–Crippen MR) is 129 cm³/mol. The molecule has 0 bridgehead atoms. The van der Waals surface area contributed by atoms with Gasteiger partial charge in [-0.15, -0.1) is 0 Å². The van der Waals surface area contributed by atoms with Gasteiger partial charge < -0.3 is 15.0 Å². The SMILES string of the molecule is [B]CN(C)C(=O)C(C)(C)NC(=O)C(C)(C)C(=O)OC(C)(C)c1ccccc1C(C)(C)C(C)=O. The van der Waals surface area contributed by atoms with Crippen molar-refractivity contribution in [2.24, 2.45) is 5.41 Å². The Morgan fingerprint density at radius 3 is 1.88 bits per heavy atom. The maximum atomic E-state index is 13.2. The fourth-order valence-electron chi connectivity index (χ4n) is 3.30. The van der Waals surface area contributed by atoms with E-state index >= 15 is 0 Å². The van der Waals surface area contributed by atoms with Gasteiger partial charge in [0.1, 0.15) is 22.3 Å². The average Bonchev–Trinajstić information content (AvgIpc) is 2.71. The summed E-state index contributed by atoms with van der Waals surface area (Å²) in [5.41, 5.74) is -3.34. The zero-order valence-corrected chi connectivity index (χ0v) is 21.6. The van der Waals surface area contributed by atoms with Gasteiger partial charge in [-0.3, -0.25) is 19.2 Å². The van der Waals surface area contributed by atoms with Crippen LogP contribution in [0.25, 0.3) is 0 Å². The molecule has 0 fully saturated rings. The van der Waals surface area contributed by atoms with E-state index in [1.807, 2.05) is 38.1 Å². The summed E-state index contributed by atoms with van der Waals surface area (Å²) in [4.78, 5) is 52.3. The maximum Gasteiger partial charge on any atom is 0.321 e. The number of carbonyl (C=O) groups is 4. The van der Waals surface area contributed by atoms with Gasteiger partial charge in [-0.2, -0.15) is 0 Å². The first-order valence-electron chi connectivity index (χ1n) is 10.9. The van der Waals surface area contributed by atoms with Gasteiger partial charge in [-0.1, -0.05) is 24.3 Å². The highest BCUT2D eigenvalue weighted by Crippen LogP contribution is 2.37. The van der Waals surface area contributed by atoms with Crippen LogP contribution in [0.15, 0.2) is 24.3 Å². The first kappa shape index (κ1) is 28.4. The van der Waals surface area contributed by atoms with Crippen LogP contribution in [0.3, 0.4) is 0 Å². The molecule has 0 atom stereocenters. The minimum Gasteiger partial charge on any atom is -0.454 e. The molecule has 1 aromatic rings. The minimum absolute atomic E-state index is 0.00617. The van der Waals surface area contributed by atoms with Crippen LogP contribution in [0, 0.1) is 5.41 Å². The number of Topliss-reactive ketones (excluding diaryl/α,β-unsaturated/α-hetero) is 1. The largest absolute Gasteiger partial charge is 0.454 e. The number of hydrogen-bond acceptors (Lipinski definition) is 5. The molecule has 2 amide bonds. The average molecular weight is 456 g/mol. The molecule has 0 saturated heterocycles. The van der Waals surface area contributed by atoms with Crippen LogP contribution in [0.5, 0.6) is 0 Å². The van der Waals surface area contributed by atoms with Gasteiger partial charge in [-0.25, -0.2) is 0 Å². The highest BCUT2D eigenvalue weighted by Gasteiger charge is 2.45. The van der Waals surface area contributed by atoms with E-state index in [0.29, 0.717) is 5.56 Å². The minimum atomic E-state index is -1.58. The molecule has 1 aromatic carbocycles. The molecule has 1 rings (SSSR count). The molecule has 2 radical (unpaired) electrons. The molecule has 8 heteroatoms. The van der Waals surface area contributed by atoms with Crippen molar-refractivity contribution < 1.29 is 23.9 Å². The quantitative estimate of drug-likeness (QED) is 0.351. The Morgan fingerprint density at radius 1 is 0.939 bits per heavy atom. The van der Waals surface area contributed by atoms with Crippen LogP contribution in [0.4, 0.5) is 0 Å². The molecule has 7 nitrogen and oxygen atoms in total. The van der Waals surface area contributed by atoms with E-state index in [0.717, 1.165) is 5.56 Å². The Balaban J connectivity index is 3.21. The van der Waals surface area contributed by atoms with Gasteiger partial charge in [0.2, 0.25) is 11.8 Å². The van der Waals surface area contributed by atoms with Gasteiger partial charge in [0.05, 0.1) is 7.85 Å². The van der Waals surface area contributed by atoms with Crippen LogP contribution in [-0.4, -0.2) is 55.3 Å². The summed E-state index contributed by atoms with van der Waals surface area (Å²) in [6.45, 7) is 14.6. The lowest BCUT2D eigenvalue weighted by molar-refractivity contribution is -0.172. The first-order valence-corrected chi connectivity index (χ1v) is 10.9. The summed E-state index contributed by atoms with van der Waals surface area (Å²) in [6.07, 6.45) is -0.00617. The first-order chi connectivity index (χ1) is 14.8. The van der Waals surface area contributed by atoms with Gasteiger partial charge in [0.25, 0.3) is 0 Å². The maximum absolute atomic E-state index is 13.2. The molecule has 1 N–H and O–H groups in total. The molecule has 33 heavy (non-hydrogen) atoms. The second kappa shape index (κ2) is 9.70. The molecular weight excluding hydrogens is 419 g/mol. The number of amides is 2. The number of esters is 1. The smallest absolute Gasteiger partial charge is 0.321 e. The van der Waals surface area contributed by atoms with E-state index < -0.39 is 33.8 Å². The van der Waals surface area contributed by atoms with E-state index in [4.69, 9.17) is 12.6 Å². The fourth-order valence-corrected chi connectivity index (χ4v) is 3.30. The summed E-state index contributed by atoms with van der Waals surface area (Å²) < 4.78 is 5.84. The Morgan fingerprint density at radius 2 is 1.42 bits per heavy atom. The molecule has 0 saturated carbocycles. The summed E-state index contributed by atoms with van der Waals surface area (Å²) >= 11 is 0. The van der Waals surface area contributed by atoms with E-state index in [1.54, 1.807) is 27.7 Å². The number of likely N-dealkylation sites (N-methyl/N-ethyl adjacent to an activating group) is 1. The van der Waals surface area contributed by atoms with Gasteiger partial charge in [0.15, 0.2) is 0 Å². The van der Waals surface area contributed by atoms with Crippen LogP contribution in [-0.2, 0) is 34.9 Å². The molecule has 0 aromatic heterocycles. The van der Waals surface area contributed by atoms with Crippen LogP contribution >= 0.6 is 0 Å². The third-order valence-corrected chi connectivity index (χ3v) is 6.14. The Hall–Kier alpha value is -2.64. The summed E-state index contributed by atoms with van der Waals surface area (Å²) in [7, 11) is 7.04. The Kier molecular flexibility index (Phi) is 8.34. The molecule has 0 spiro atoms. The fraction of sp³-hybridized carbons (Fsp3) is 0.600. The van der Waals surface area contributed by atoms with Crippen molar-refractivity contribution in [3.63, 3.8) is 0 Å². The monoisotopic (exact) mass is 456 g/mol. The number of benzene rings is 1. The van der Waals surface area contributed by atoms with E-state index in [1.165, 1.54) is 32.7 Å².